The number of halogens is 3. The molecular formula is C24H29ClF2N4O4. The molecule has 0 bridgehead atoms. The highest BCUT2D eigenvalue weighted by Gasteiger charge is 2.43. The van der Waals surface area contributed by atoms with Crippen LogP contribution in [-0.4, -0.2) is 55.0 Å². The number of nitrogens with one attached hydrogen (secondary N) is 3. The predicted molar refractivity (Wildman–Crippen MR) is 129 cm³/mol. The van der Waals surface area contributed by atoms with Gasteiger partial charge in [0.25, 0.3) is 5.91 Å². The van der Waals surface area contributed by atoms with Crippen molar-refractivity contribution in [2.24, 2.45) is 0 Å². The van der Waals surface area contributed by atoms with Crippen LogP contribution in [0.4, 0.5) is 14.5 Å². The standard InChI is InChI=1S/C24H28F2N4O4.ClH/c1-13(27-3)22(31)28-19(14(2)34-4)24(33)30-12-15-8-5-6-9-16(15)21(30)23(32)29-20-17(25)10-7-11-18(20)26;/h5-11,13-14,19,21,27H,12H2,1-4H3,(H,28,31)(H,29,32);1H/t13-,14-,19-,21?;/m0./s1. The van der Waals surface area contributed by atoms with Gasteiger partial charge in [-0.15, -0.1) is 12.4 Å². The molecule has 2 aromatic rings. The Bertz CT molecular complexity index is 1070. The van der Waals surface area contributed by atoms with E-state index in [1.165, 1.54) is 18.1 Å². The molecular weight excluding hydrogens is 482 g/mol. The first kappa shape index (κ1) is 28.2. The Kier molecular flexibility index (Phi) is 9.70. The van der Waals surface area contributed by atoms with Crippen LogP contribution in [-0.2, 0) is 25.7 Å². The van der Waals surface area contributed by atoms with Crippen LogP contribution in [0.2, 0.25) is 0 Å². The smallest absolute Gasteiger partial charge is 0.252 e. The number of anilines is 1. The largest absolute Gasteiger partial charge is 0.379 e. The number of methoxy groups -OCH3 is 1. The number of ether oxygens (including phenoxy) is 1. The van der Waals surface area contributed by atoms with E-state index in [9.17, 15) is 23.2 Å². The summed E-state index contributed by atoms with van der Waals surface area (Å²) in [5.74, 6) is -3.62. The molecule has 0 radical (unpaired) electrons. The molecule has 3 rings (SSSR count). The minimum absolute atomic E-state index is 0. The number of carbonyl (C=O) groups excluding carboxylic acids is 3. The van der Waals surface area contributed by atoms with E-state index >= 15 is 0 Å². The number of nitrogens with zero attached hydrogens (tertiary/aromatic N) is 1. The van der Waals surface area contributed by atoms with E-state index in [-0.39, 0.29) is 19.0 Å². The second-order valence-electron chi connectivity index (χ2n) is 8.09. The van der Waals surface area contributed by atoms with Crippen molar-refractivity contribution >= 4 is 35.8 Å². The maximum absolute atomic E-state index is 14.2. The molecule has 0 saturated heterocycles. The maximum Gasteiger partial charge on any atom is 0.252 e. The Morgan fingerprint density at radius 3 is 2.29 bits per heavy atom. The van der Waals surface area contributed by atoms with Crippen LogP contribution in [0.5, 0.6) is 0 Å². The molecule has 4 atom stereocenters. The number of rotatable bonds is 8. The van der Waals surface area contributed by atoms with Crippen molar-refractivity contribution in [1.29, 1.82) is 0 Å². The van der Waals surface area contributed by atoms with Crippen LogP contribution in [0.25, 0.3) is 0 Å². The van der Waals surface area contributed by atoms with Gasteiger partial charge in [0.05, 0.1) is 12.1 Å². The van der Waals surface area contributed by atoms with Crippen LogP contribution in [0, 0.1) is 11.6 Å². The number of fused-ring (bicyclic) bond motifs is 1. The monoisotopic (exact) mass is 510 g/mol. The molecule has 1 aliphatic heterocycles. The summed E-state index contributed by atoms with van der Waals surface area (Å²) in [6.07, 6.45) is -0.711. The second-order valence-corrected chi connectivity index (χ2v) is 8.09. The Balaban J connectivity index is 0.00000432. The molecule has 1 aliphatic rings. The van der Waals surface area contributed by atoms with Crippen LogP contribution in [0.1, 0.15) is 31.0 Å². The summed E-state index contributed by atoms with van der Waals surface area (Å²) >= 11 is 0. The normalized spacial score (nSPS) is 17.0. The fourth-order valence-electron chi connectivity index (χ4n) is 3.79. The summed E-state index contributed by atoms with van der Waals surface area (Å²) < 4.78 is 33.7. The van der Waals surface area contributed by atoms with Crippen molar-refractivity contribution in [3.05, 3.63) is 65.2 Å². The summed E-state index contributed by atoms with van der Waals surface area (Å²) in [7, 11) is 3.02. The van der Waals surface area contributed by atoms with Gasteiger partial charge in [-0.2, -0.15) is 0 Å². The number of amides is 3. The van der Waals surface area contributed by atoms with Crippen LogP contribution in [0.15, 0.2) is 42.5 Å². The van der Waals surface area contributed by atoms with Gasteiger partial charge in [0.15, 0.2) is 0 Å². The van der Waals surface area contributed by atoms with Gasteiger partial charge < -0.3 is 25.6 Å². The highest BCUT2D eigenvalue weighted by Crippen LogP contribution is 2.35. The number of hydrogen-bond acceptors (Lipinski definition) is 5. The first-order chi connectivity index (χ1) is 16.2. The highest BCUT2D eigenvalue weighted by atomic mass is 35.5. The summed E-state index contributed by atoms with van der Waals surface area (Å²) in [6.45, 7) is 3.34. The Labute approximate surface area is 208 Å². The predicted octanol–water partition coefficient (Wildman–Crippen LogP) is 2.54. The van der Waals surface area contributed by atoms with Gasteiger partial charge in [-0.05, 0) is 44.2 Å². The lowest BCUT2D eigenvalue weighted by Gasteiger charge is -2.31. The average molecular weight is 511 g/mol. The van der Waals surface area contributed by atoms with Crippen molar-refractivity contribution in [3.63, 3.8) is 0 Å². The van der Waals surface area contributed by atoms with Crippen molar-refractivity contribution in [2.75, 3.05) is 19.5 Å². The average Bonchev–Trinajstić information content (AvgIpc) is 3.23. The summed E-state index contributed by atoms with van der Waals surface area (Å²) in [5.41, 5.74) is 0.648. The zero-order valence-corrected chi connectivity index (χ0v) is 20.6. The molecule has 0 aliphatic carbocycles. The zero-order valence-electron chi connectivity index (χ0n) is 19.8. The lowest BCUT2D eigenvalue weighted by Crippen LogP contribution is -2.57. The van der Waals surface area contributed by atoms with Crippen LogP contribution < -0.4 is 16.0 Å². The van der Waals surface area contributed by atoms with E-state index < -0.39 is 59.3 Å². The Morgan fingerprint density at radius 2 is 1.69 bits per heavy atom. The highest BCUT2D eigenvalue weighted by molar-refractivity contribution is 6.00. The molecule has 0 fully saturated rings. The zero-order chi connectivity index (χ0) is 25.0. The van der Waals surface area contributed by atoms with Crippen molar-refractivity contribution < 1.29 is 27.9 Å². The first-order valence-electron chi connectivity index (χ1n) is 10.8. The van der Waals surface area contributed by atoms with E-state index in [2.05, 4.69) is 16.0 Å². The minimum atomic E-state index is -1.16. The van der Waals surface area contributed by atoms with E-state index in [4.69, 9.17) is 4.74 Å². The molecule has 1 unspecified atom stereocenters. The van der Waals surface area contributed by atoms with Gasteiger partial charge in [0.2, 0.25) is 11.8 Å². The van der Waals surface area contributed by atoms with Crippen molar-refractivity contribution in [2.45, 2.75) is 44.6 Å². The molecule has 1 heterocycles. The molecule has 8 nitrogen and oxygen atoms in total. The third kappa shape index (κ3) is 5.95. The summed E-state index contributed by atoms with van der Waals surface area (Å²) in [5, 5.41) is 7.77. The van der Waals surface area contributed by atoms with Crippen LogP contribution in [0.3, 0.4) is 0 Å². The van der Waals surface area contributed by atoms with Crippen molar-refractivity contribution in [1.82, 2.24) is 15.5 Å². The lowest BCUT2D eigenvalue weighted by molar-refractivity contribution is -0.145. The summed E-state index contributed by atoms with van der Waals surface area (Å²) in [4.78, 5) is 40.7. The molecule has 0 aromatic heterocycles. The lowest BCUT2D eigenvalue weighted by atomic mass is 10.0. The first-order valence-corrected chi connectivity index (χ1v) is 10.8. The molecule has 0 spiro atoms. The molecule has 2 aromatic carbocycles. The minimum Gasteiger partial charge on any atom is -0.379 e. The number of para-hydroxylation sites is 1. The topological polar surface area (TPSA) is 99.8 Å². The van der Waals surface area contributed by atoms with Gasteiger partial charge in [-0.3, -0.25) is 14.4 Å². The quantitative estimate of drug-likeness (QED) is 0.507. The third-order valence-corrected chi connectivity index (χ3v) is 5.98. The molecule has 35 heavy (non-hydrogen) atoms. The van der Waals surface area contributed by atoms with E-state index in [1.54, 1.807) is 45.2 Å². The molecule has 3 N–H and O–H groups in total. The maximum atomic E-state index is 14.2. The molecule has 0 saturated carbocycles. The third-order valence-electron chi connectivity index (χ3n) is 5.98. The fraction of sp³-hybridized carbons (Fsp3) is 0.375. The number of benzene rings is 2. The van der Waals surface area contributed by atoms with E-state index in [0.29, 0.717) is 11.1 Å². The van der Waals surface area contributed by atoms with Gasteiger partial charge in [0, 0.05) is 13.7 Å². The van der Waals surface area contributed by atoms with Crippen molar-refractivity contribution in [3.8, 4) is 0 Å². The fourth-order valence-corrected chi connectivity index (χ4v) is 3.79. The summed E-state index contributed by atoms with van der Waals surface area (Å²) in [6, 6.07) is 7.34. The Hall–Kier alpha value is -3.08. The number of carbonyl (C=O) groups is 3. The van der Waals surface area contributed by atoms with Gasteiger partial charge in [-0.25, -0.2) is 8.78 Å². The van der Waals surface area contributed by atoms with Gasteiger partial charge in [0.1, 0.15) is 29.4 Å². The molecule has 11 heteroatoms. The van der Waals surface area contributed by atoms with Gasteiger partial charge >= 0.3 is 0 Å². The van der Waals surface area contributed by atoms with E-state index in [0.717, 1.165) is 12.1 Å². The van der Waals surface area contributed by atoms with E-state index in [1.807, 2.05) is 0 Å². The number of hydrogen-bond donors (Lipinski definition) is 3. The Morgan fingerprint density at radius 1 is 1.06 bits per heavy atom. The second kappa shape index (κ2) is 12.1. The van der Waals surface area contributed by atoms with Gasteiger partial charge in [-0.1, -0.05) is 30.3 Å². The molecule has 190 valence electrons. The van der Waals surface area contributed by atoms with Crippen LogP contribution >= 0.6 is 12.4 Å². The molecule has 3 amide bonds. The SMILES string of the molecule is CN[C@@H](C)C(=O)N[C@H](C(=O)N1Cc2ccccc2C1C(=O)Nc1c(F)cccc1F)[C@H](C)OC.Cl. The number of likely N-dealkylation sites (N-methyl/N-ethyl adjacent to an activating group) is 1.